The van der Waals surface area contributed by atoms with E-state index in [2.05, 4.69) is 15.3 Å². The first-order valence-corrected chi connectivity index (χ1v) is 7.18. The van der Waals surface area contributed by atoms with Gasteiger partial charge in [0, 0.05) is 39.6 Å². The highest BCUT2D eigenvalue weighted by Gasteiger charge is 2.49. The maximum Gasteiger partial charge on any atom is 0.379 e. The molecular formula is C10H18N5O2S+. The fourth-order valence-corrected chi connectivity index (χ4v) is 3.67. The molecule has 1 saturated heterocycles. The Kier molecular flexibility index (Phi) is 3.62. The molecule has 0 saturated carbocycles. The third kappa shape index (κ3) is 2.01. The van der Waals surface area contributed by atoms with Crippen LogP contribution >= 0.6 is 0 Å². The van der Waals surface area contributed by atoms with Gasteiger partial charge in [-0.3, -0.25) is 0 Å². The summed E-state index contributed by atoms with van der Waals surface area (Å²) >= 11 is 0. The highest BCUT2D eigenvalue weighted by atomic mass is 32.2. The van der Waals surface area contributed by atoms with Gasteiger partial charge in [-0.05, 0) is 6.07 Å². The first-order chi connectivity index (χ1) is 8.51. The van der Waals surface area contributed by atoms with Gasteiger partial charge >= 0.3 is 16.2 Å². The quantitative estimate of drug-likeness (QED) is 0.729. The minimum absolute atomic E-state index is 0.214. The van der Waals surface area contributed by atoms with Crippen LogP contribution in [0.4, 0.5) is 5.95 Å². The molecule has 1 N–H and O–H groups in total. The van der Waals surface area contributed by atoms with E-state index < -0.39 is 10.2 Å². The van der Waals surface area contributed by atoms with Crippen LogP contribution in [0.15, 0.2) is 18.5 Å². The number of rotatable bonds is 3. The van der Waals surface area contributed by atoms with Crippen molar-refractivity contribution in [1.29, 1.82) is 0 Å². The Bertz CT molecular complexity index is 496. The van der Waals surface area contributed by atoms with Gasteiger partial charge in [-0.2, -0.15) is 22.7 Å². The topological polar surface area (TPSA) is 75.2 Å². The normalized spacial score (nSPS) is 19.9. The molecule has 0 bridgehead atoms. The number of piperazine rings is 1. The summed E-state index contributed by atoms with van der Waals surface area (Å²) in [4.78, 5) is 8.30. The summed E-state index contributed by atoms with van der Waals surface area (Å²) in [6, 6.07) is 1.68. The molecule has 2 heterocycles. The molecule has 0 amide bonds. The van der Waals surface area contributed by atoms with Crippen LogP contribution in [0, 0.1) is 0 Å². The smallest absolute Gasteiger partial charge is 0.306 e. The lowest BCUT2D eigenvalue weighted by molar-refractivity contribution is 0.321. The van der Waals surface area contributed by atoms with Crippen molar-refractivity contribution < 1.29 is 8.42 Å². The largest absolute Gasteiger partial charge is 0.379 e. The molecule has 0 aromatic carbocycles. The minimum Gasteiger partial charge on any atom is -0.306 e. The second kappa shape index (κ2) is 4.88. The molecule has 1 aromatic rings. The van der Waals surface area contributed by atoms with Gasteiger partial charge in [-0.25, -0.2) is 0 Å². The first kappa shape index (κ1) is 13.3. The number of aromatic nitrogens is 2. The second-order valence-corrected chi connectivity index (χ2v) is 6.72. The predicted molar refractivity (Wildman–Crippen MR) is 69.0 cm³/mol. The molecule has 0 spiro atoms. The second-order valence-electron chi connectivity index (χ2n) is 4.40. The molecule has 1 aromatic heterocycles. The fraction of sp³-hybridized carbons (Fsp3) is 0.600. The van der Waals surface area contributed by atoms with Gasteiger partial charge in [-0.1, -0.05) is 0 Å². The number of nitrogens with zero attached hydrogens (tertiary/aromatic N) is 4. The Balaban J connectivity index is 2.55. The van der Waals surface area contributed by atoms with Crippen LogP contribution in [0.2, 0.25) is 0 Å². The van der Waals surface area contributed by atoms with Crippen molar-refractivity contribution in [2.24, 2.45) is 0 Å². The molecule has 0 unspecified atom stereocenters. The Morgan fingerprint density at radius 2 is 1.78 bits per heavy atom. The lowest BCUT2D eigenvalue weighted by Crippen LogP contribution is -2.66. The van der Waals surface area contributed by atoms with Crippen LogP contribution in [0.5, 0.6) is 0 Å². The minimum atomic E-state index is -3.51. The van der Waals surface area contributed by atoms with Crippen LogP contribution in [-0.2, 0) is 10.2 Å². The Morgan fingerprint density at radius 3 is 2.28 bits per heavy atom. The molecule has 18 heavy (non-hydrogen) atoms. The molecule has 1 aliphatic rings. The highest BCUT2D eigenvalue weighted by Crippen LogP contribution is 2.25. The zero-order chi connectivity index (χ0) is 13.2. The van der Waals surface area contributed by atoms with Gasteiger partial charge in [0.15, 0.2) is 0 Å². The molecular weight excluding hydrogens is 254 g/mol. The lowest BCUT2D eigenvalue weighted by Gasteiger charge is -2.38. The number of hydrogen-bond donors (Lipinski definition) is 1. The van der Waals surface area contributed by atoms with Gasteiger partial charge in [-0.15, -0.1) is 3.89 Å². The van der Waals surface area contributed by atoms with Gasteiger partial charge in [0.25, 0.3) is 0 Å². The van der Waals surface area contributed by atoms with Crippen molar-refractivity contribution in [3.05, 3.63) is 18.5 Å². The zero-order valence-corrected chi connectivity index (χ0v) is 11.4. The molecule has 8 heteroatoms. The predicted octanol–water partition coefficient (Wildman–Crippen LogP) is -0.806. The molecule has 100 valence electrons. The van der Waals surface area contributed by atoms with E-state index in [1.807, 2.05) is 0 Å². The average molecular weight is 272 g/mol. The van der Waals surface area contributed by atoms with Crippen molar-refractivity contribution in [3.63, 3.8) is 0 Å². The van der Waals surface area contributed by atoms with E-state index in [1.165, 1.54) is 4.31 Å². The van der Waals surface area contributed by atoms with Gasteiger partial charge < -0.3 is 5.32 Å². The molecule has 0 radical (unpaired) electrons. The van der Waals surface area contributed by atoms with E-state index in [0.29, 0.717) is 32.1 Å². The van der Waals surface area contributed by atoms with Crippen LogP contribution in [0.1, 0.15) is 0 Å². The van der Waals surface area contributed by atoms with E-state index in [0.717, 1.165) is 0 Å². The van der Waals surface area contributed by atoms with Gasteiger partial charge in [0.2, 0.25) is 0 Å². The Labute approximate surface area is 107 Å². The number of nitrogens with one attached hydrogen (secondary N) is 1. The first-order valence-electron chi connectivity index (χ1n) is 5.79. The van der Waals surface area contributed by atoms with Gasteiger partial charge in [0.05, 0.1) is 0 Å². The third-order valence-electron chi connectivity index (χ3n) is 3.12. The summed E-state index contributed by atoms with van der Waals surface area (Å²) < 4.78 is 26.2. The maximum atomic E-state index is 12.6. The van der Waals surface area contributed by atoms with Crippen LogP contribution in [-0.4, -0.2) is 63.0 Å². The van der Waals surface area contributed by atoms with Gasteiger partial charge in [0.1, 0.15) is 13.1 Å². The highest BCUT2D eigenvalue weighted by molar-refractivity contribution is 7.88. The SMILES string of the molecule is CN(C)S(=O)(=O)[N+]1(c2ncccn2)CCNCC1. The molecule has 1 aliphatic heterocycles. The summed E-state index contributed by atoms with van der Waals surface area (Å²) in [6.45, 7) is 2.13. The summed E-state index contributed by atoms with van der Waals surface area (Å²) in [6.07, 6.45) is 3.16. The third-order valence-corrected chi connectivity index (χ3v) is 5.45. The summed E-state index contributed by atoms with van der Waals surface area (Å²) in [5, 5.41) is 3.17. The van der Waals surface area contributed by atoms with E-state index in [4.69, 9.17) is 0 Å². The van der Waals surface area contributed by atoms with Crippen molar-refractivity contribution in [2.75, 3.05) is 40.3 Å². The lowest BCUT2D eigenvalue weighted by atomic mass is 10.4. The molecule has 1 fully saturated rings. The van der Waals surface area contributed by atoms with E-state index in [9.17, 15) is 8.42 Å². The Hall–Kier alpha value is -1.09. The Morgan fingerprint density at radius 1 is 1.22 bits per heavy atom. The molecule has 2 rings (SSSR count). The molecule has 7 nitrogen and oxygen atoms in total. The van der Waals surface area contributed by atoms with Crippen molar-refractivity contribution in [3.8, 4) is 0 Å². The standard InChI is InChI=1S/C10H18N5O2S/c1-14(2)18(16,17)15(8-6-11-7-9-15)10-12-4-3-5-13-10/h3-5,11H,6-9H2,1-2H3/q+1. The van der Waals surface area contributed by atoms with E-state index in [1.54, 1.807) is 32.6 Å². The zero-order valence-electron chi connectivity index (χ0n) is 10.6. The molecule has 0 atom stereocenters. The van der Waals surface area contributed by atoms with E-state index >= 15 is 0 Å². The number of quaternary nitrogens is 1. The summed E-state index contributed by atoms with van der Waals surface area (Å²) in [7, 11) is -0.425. The van der Waals surface area contributed by atoms with E-state index in [-0.39, 0.29) is 3.89 Å². The number of hydrogen-bond acceptors (Lipinski definition) is 5. The summed E-state index contributed by atoms with van der Waals surface area (Å²) in [5.74, 6) is 0.340. The maximum absolute atomic E-state index is 12.6. The molecule has 0 aliphatic carbocycles. The van der Waals surface area contributed by atoms with Crippen LogP contribution in [0.3, 0.4) is 0 Å². The van der Waals surface area contributed by atoms with Crippen molar-refractivity contribution in [1.82, 2.24) is 23.5 Å². The monoisotopic (exact) mass is 272 g/mol. The van der Waals surface area contributed by atoms with Crippen LogP contribution < -0.4 is 9.21 Å². The van der Waals surface area contributed by atoms with Crippen molar-refractivity contribution >= 4 is 16.2 Å². The van der Waals surface area contributed by atoms with Crippen molar-refractivity contribution in [2.45, 2.75) is 0 Å². The average Bonchev–Trinajstić information content (AvgIpc) is 2.40. The summed E-state index contributed by atoms with van der Waals surface area (Å²) in [5.41, 5.74) is 0. The fourth-order valence-electron chi connectivity index (χ4n) is 2.10. The van der Waals surface area contributed by atoms with Crippen LogP contribution in [0.25, 0.3) is 0 Å².